The van der Waals surface area contributed by atoms with Gasteiger partial charge in [-0.05, 0) is 47.2 Å². The minimum absolute atomic E-state index is 0.0554. The molecule has 1 fully saturated rings. The Morgan fingerprint density at radius 2 is 1.90 bits per heavy atom. The van der Waals surface area contributed by atoms with Crippen molar-refractivity contribution in [2.75, 3.05) is 12.3 Å². The van der Waals surface area contributed by atoms with Crippen LogP contribution in [0.25, 0.3) is 0 Å². The number of benzene rings is 1. The second kappa shape index (κ2) is 5.91. The van der Waals surface area contributed by atoms with Crippen LogP contribution in [-0.4, -0.2) is 20.7 Å². The molecule has 1 aromatic carbocycles. The molecule has 1 aromatic heterocycles. The van der Waals surface area contributed by atoms with Gasteiger partial charge in [0.1, 0.15) is 0 Å². The fraction of sp³-hybridized carbons (Fsp3) is 0.375. The zero-order chi connectivity index (χ0) is 14.8. The Morgan fingerprint density at radius 1 is 1.14 bits per heavy atom. The molecule has 1 aliphatic carbocycles. The fourth-order valence-electron chi connectivity index (χ4n) is 2.50. The molecule has 0 atom stereocenters. The minimum Gasteiger partial charge on any atom is -0.214 e. The monoisotopic (exact) mass is 321 g/mol. The maximum Gasteiger partial charge on any atom is 0.211 e. The molecule has 1 heterocycles. The summed E-state index contributed by atoms with van der Waals surface area (Å²) >= 11 is 1.67. The molecule has 21 heavy (non-hydrogen) atoms. The topological polar surface area (TPSA) is 46.2 Å². The van der Waals surface area contributed by atoms with E-state index >= 15 is 0 Å². The Morgan fingerprint density at radius 3 is 2.52 bits per heavy atom. The Labute approximate surface area is 130 Å². The largest absolute Gasteiger partial charge is 0.214 e. The predicted molar refractivity (Wildman–Crippen MR) is 87.2 cm³/mol. The van der Waals surface area contributed by atoms with Crippen LogP contribution in [0.4, 0.5) is 0 Å². The van der Waals surface area contributed by atoms with Gasteiger partial charge in [-0.3, -0.25) is 0 Å². The van der Waals surface area contributed by atoms with E-state index in [9.17, 15) is 8.42 Å². The molecular weight excluding hydrogens is 302 g/mol. The number of nitrogens with one attached hydrogen (secondary N) is 1. The van der Waals surface area contributed by atoms with Gasteiger partial charge in [0.05, 0.1) is 5.75 Å². The van der Waals surface area contributed by atoms with Crippen LogP contribution in [0.1, 0.15) is 24.0 Å². The number of hydrogen-bond acceptors (Lipinski definition) is 3. The molecule has 1 saturated carbocycles. The number of thiophene rings is 1. The second-order valence-corrected chi connectivity index (χ2v) is 8.37. The van der Waals surface area contributed by atoms with E-state index in [-0.39, 0.29) is 11.2 Å². The average Bonchev–Trinajstić information content (AvgIpc) is 3.08. The van der Waals surface area contributed by atoms with Gasteiger partial charge in [0.25, 0.3) is 0 Å². The van der Waals surface area contributed by atoms with E-state index in [0.29, 0.717) is 13.0 Å². The first-order valence-electron chi connectivity index (χ1n) is 7.14. The zero-order valence-corrected chi connectivity index (χ0v) is 13.4. The van der Waals surface area contributed by atoms with Crippen LogP contribution >= 0.6 is 11.3 Å². The lowest BCUT2D eigenvalue weighted by atomic mass is 10.0. The van der Waals surface area contributed by atoms with Crippen LogP contribution in [0.5, 0.6) is 0 Å². The third-order valence-corrected chi connectivity index (χ3v) is 6.13. The van der Waals surface area contributed by atoms with Crippen LogP contribution in [0.3, 0.4) is 0 Å². The van der Waals surface area contributed by atoms with Gasteiger partial charge in [-0.1, -0.05) is 30.3 Å². The standard InChI is InChI=1S/C16H19NO2S2/c18-21(19,11-7-14-4-2-1-3-5-14)17-13-16(8-9-16)15-6-10-20-12-15/h1-6,10,12,17H,7-9,11,13H2. The van der Waals surface area contributed by atoms with Crippen molar-refractivity contribution < 1.29 is 8.42 Å². The quantitative estimate of drug-likeness (QED) is 0.852. The molecule has 3 rings (SSSR count). The van der Waals surface area contributed by atoms with Crippen molar-refractivity contribution in [1.82, 2.24) is 4.72 Å². The minimum atomic E-state index is -3.21. The first kappa shape index (κ1) is 14.8. The van der Waals surface area contributed by atoms with E-state index in [1.165, 1.54) is 5.56 Å². The molecule has 5 heteroatoms. The van der Waals surface area contributed by atoms with Crippen LogP contribution in [0.2, 0.25) is 0 Å². The Hall–Kier alpha value is -1.17. The van der Waals surface area contributed by atoms with Crippen LogP contribution in [0, 0.1) is 0 Å². The molecule has 0 radical (unpaired) electrons. The summed E-state index contributed by atoms with van der Waals surface area (Å²) in [7, 11) is -3.21. The Kier molecular flexibility index (Phi) is 4.15. The summed E-state index contributed by atoms with van der Waals surface area (Å²) < 4.78 is 27.1. The molecule has 3 nitrogen and oxygen atoms in total. The highest BCUT2D eigenvalue weighted by atomic mass is 32.2. The molecule has 0 aliphatic heterocycles. The predicted octanol–water partition coefficient (Wildman–Crippen LogP) is 2.94. The second-order valence-electron chi connectivity index (χ2n) is 5.67. The lowest BCUT2D eigenvalue weighted by Crippen LogP contribution is -2.34. The van der Waals surface area contributed by atoms with E-state index in [4.69, 9.17) is 0 Å². The van der Waals surface area contributed by atoms with Gasteiger partial charge in [0.15, 0.2) is 0 Å². The summed E-state index contributed by atoms with van der Waals surface area (Å²) in [5.74, 6) is 0.150. The van der Waals surface area contributed by atoms with Gasteiger partial charge in [0.2, 0.25) is 10.0 Å². The highest BCUT2D eigenvalue weighted by molar-refractivity contribution is 7.89. The molecular formula is C16H19NO2S2. The maximum absolute atomic E-state index is 12.1. The lowest BCUT2D eigenvalue weighted by molar-refractivity contribution is 0.567. The molecule has 0 spiro atoms. The van der Waals surface area contributed by atoms with Crippen molar-refractivity contribution >= 4 is 21.4 Å². The van der Waals surface area contributed by atoms with Crippen molar-refractivity contribution in [3.8, 4) is 0 Å². The third kappa shape index (κ3) is 3.73. The summed E-state index contributed by atoms with van der Waals surface area (Å²) in [5.41, 5.74) is 2.39. The Balaban J connectivity index is 1.55. The van der Waals surface area contributed by atoms with Gasteiger partial charge in [0, 0.05) is 12.0 Å². The van der Waals surface area contributed by atoms with E-state index in [2.05, 4.69) is 21.5 Å². The number of hydrogen-bond donors (Lipinski definition) is 1. The van der Waals surface area contributed by atoms with Crippen molar-refractivity contribution in [1.29, 1.82) is 0 Å². The average molecular weight is 321 g/mol. The van der Waals surface area contributed by atoms with E-state index in [0.717, 1.165) is 18.4 Å². The molecule has 1 aliphatic rings. The van der Waals surface area contributed by atoms with Gasteiger partial charge < -0.3 is 0 Å². The van der Waals surface area contributed by atoms with Crippen LogP contribution in [0.15, 0.2) is 47.2 Å². The van der Waals surface area contributed by atoms with Crippen LogP contribution in [-0.2, 0) is 21.9 Å². The van der Waals surface area contributed by atoms with Crippen molar-refractivity contribution in [3.63, 3.8) is 0 Å². The molecule has 0 amide bonds. The van der Waals surface area contributed by atoms with Gasteiger partial charge in [-0.15, -0.1) is 0 Å². The lowest BCUT2D eigenvalue weighted by Gasteiger charge is -2.15. The van der Waals surface area contributed by atoms with Gasteiger partial charge in [-0.25, -0.2) is 13.1 Å². The van der Waals surface area contributed by atoms with Crippen molar-refractivity contribution in [2.24, 2.45) is 0 Å². The molecule has 2 aromatic rings. The van der Waals surface area contributed by atoms with Crippen molar-refractivity contribution in [2.45, 2.75) is 24.7 Å². The summed E-state index contributed by atoms with van der Waals surface area (Å²) in [6.45, 7) is 0.529. The highest BCUT2D eigenvalue weighted by Crippen LogP contribution is 2.48. The number of rotatable bonds is 7. The summed E-state index contributed by atoms with van der Waals surface area (Å²) in [6.07, 6.45) is 2.71. The summed E-state index contributed by atoms with van der Waals surface area (Å²) in [5, 5.41) is 4.19. The number of aryl methyl sites for hydroxylation is 1. The normalized spacial score (nSPS) is 16.8. The zero-order valence-electron chi connectivity index (χ0n) is 11.8. The maximum atomic E-state index is 12.1. The Bertz CT molecular complexity index is 674. The third-order valence-electron chi connectivity index (χ3n) is 4.12. The smallest absolute Gasteiger partial charge is 0.211 e. The van der Waals surface area contributed by atoms with E-state index in [1.807, 2.05) is 30.3 Å². The SMILES string of the molecule is O=S(=O)(CCc1ccccc1)NCC1(c2ccsc2)CC1. The molecule has 112 valence electrons. The highest BCUT2D eigenvalue weighted by Gasteiger charge is 2.44. The van der Waals surface area contributed by atoms with Gasteiger partial charge in [-0.2, -0.15) is 11.3 Å². The number of sulfonamides is 1. The summed E-state index contributed by atoms with van der Waals surface area (Å²) in [6, 6.07) is 11.8. The van der Waals surface area contributed by atoms with E-state index < -0.39 is 10.0 Å². The fourth-order valence-corrected chi connectivity index (χ4v) is 4.43. The van der Waals surface area contributed by atoms with E-state index in [1.54, 1.807) is 11.3 Å². The molecule has 0 saturated heterocycles. The molecule has 1 N–H and O–H groups in total. The molecule has 0 unspecified atom stereocenters. The molecule has 0 bridgehead atoms. The van der Waals surface area contributed by atoms with Gasteiger partial charge >= 0.3 is 0 Å². The van der Waals surface area contributed by atoms with Crippen LogP contribution < -0.4 is 4.72 Å². The van der Waals surface area contributed by atoms with Crippen molar-refractivity contribution in [3.05, 3.63) is 58.3 Å². The first-order valence-corrected chi connectivity index (χ1v) is 9.73. The summed E-state index contributed by atoms with van der Waals surface area (Å²) in [4.78, 5) is 0. The first-order chi connectivity index (χ1) is 10.1.